The molecule has 1 aliphatic heterocycles. The summed E-state index contributed by atoms with van der Waals surface area (Å²) in [5.74, 6) is 2.00. The Kier molecular flexibility index (Phi) is 3.03. The van der Waals surface area contributed by atoms with E-state index < -0.39 is 0 Å². The number of rotatable bonds is 2. The van der Waals surface area contributed by atoms with Gasteiger partial charge in [0.05, 0.1) is 17.8 Å². The molecular weight excluding hydrogens is 238 g/mol. The molecule has 2 heterocycles. The van der Waals surface area contributed by atoms with Gasteiger partial charge < -0.3 is 4.90 Å². The van der Waals surface area contributed by atoms with Crippen LogP contribution in [-0.2, 0) is 6.42 Å². The van der Waals surface area contributed by atoms with E-state index >= 15 is 0 Å². The molecule has 0 unspecified atom stereocenters. The summed E-state index contributed by atoms with van der Waals surface area (Å²) in [7, 11) is 0. The number of hydrogen-bond donors (Lipinski definition) is 0. The highest BCUT2D eigenvalue weighted by Gasteiger charge is 2.19. The molecule has 5 heteroatoms. The SMILES string of the molecule is CCN(CC)C1=Nc2ccccc2-n2cnnc2C1. The molecule has 5 nitrogen and oxygen atoms in total. The summed E-state index contributed by atoms with van der Waals surface area (Å²) in [5, 5.41) is 8.25. The average Bonchev–Trinajstić information content (AvgIpc) is 2.83. The van der Waals surface area contributed by atoms with Crippen molar-refractivity contribution in [3.63, 3.8) is 0 Å². The van der Waals surface area contributed by atoms with Crippen molar-refractivity contribution >= 4 is 11.5 Å². The summed E-state index contributed by atoms with van der Waals surface area (Å²) in [5.41, 5.74) is 2.02. The number of para-hydroxylation sites is 2. The summed E-state index contributed by atoms with van der Waals surface area (Å²) < 4.78 is 2.02. The largest absolute Gasteiger partial charge is 0.360 e. The summed E-state index contributed by atoms with van der Waals surface area (Å²) in [6, 6.07) is 8.11. The maximum absolute atomic E-state index is 4.82. The zero-order valence-electron chi connectivity index (χ0n) is 11.2. The van der Waals surface area contributed by atoms with Gasteiger partial charge in [-0.25, -0.2) is 4.99 Å². The fourth-order valence-corrected chi connectivity index (χ4v) is 2.43. The van der Waals surface area contributed by atoms with Crippen LogP contribution in [0, 0.1) is 0 Å². The first-order chi connectivity index (χ1) is 9.33. The number of aromatic nitrogens is 3. The number of benzene rings is 1. The summed E-state index contributed by atoms with van der Waals surface area (Å²) >= 11 is 0. The van der Waals surface area contributed by atoms with E-state index in [0.29, 0.717) is 0 Å². The molecule has 1 aromatic carbocycles. The van der Waals surface area contributed by atoms with Crippen LogP contribution >= 0.6 is 0 Å². The Morgan fingerprint density at radius 1 is 1.21 bits per heavy atom. The molecule has 0 spiro atoms. The van der Waals surface area contributed by atoms with Crippen LogP contribution in [0.1, 0.15) is 19.7 Å². The number of amidine groups is 1. The number of nitrogens with zero attached hydrogens (tertiary/aromatic N) is 5. The Morgan fingerprint density at radius 3 is 2.79 bits per heavy atom. The number of aliphatic imine (C=N–C) groups is 1. The molecule has 0 amide bonds. The molecule has 1 aromatic heterocycles. The van der Waals surface area contributed by atoms with Crippen LogP contribution in [0.4, 0.5) is 5.69 Å². The number of hydrogen-bond acceptors (Lipinski definition) is 4. The third kappa shape index (κ3) is 2.01. The van der Waals surface area contributed by atoms with Gasteiger partial charge in [-0.2, -0.15) is 0 Å². The van der Waals surface area contributed by atoms with E-state index in [2.05, 4.69) is 35.0 Å². The third-order valence-electron chi connectivity index (χ3n) is 3.45. The topological polar surface area (TPSA) is 46.3 Å². The van der Waals surface area contributed by atoms with Gasteiger partial charge in [0.2, 0.25) is 0 Å². The number of likely N-dealkylation sites (N-methyl/N-ethyl adjacent to an activating group) is 1. The lowest BCUT2D eigenvalue weighted by Gasteiger charge is -2.21. The quantitative estimate of drug-likeness (QED) is 0.826. The monoisotopic (exact) mass is 255 g/mol. The smallest absolute Gasteiger partial charge is 0.145 e. The predicted molar refractivity (Wildman–Crippen MR) is 75.1 cm³/mol. The van der Waals surface area contributed by atoms with E-state index in [4.69, 9.17) is 4.99 Å². The molecule has 3 rings (SSSR count). The van der Waals surface area contributed by atoms with Gasteiger partial charge in [-0.1, -0.05) is 12.1 Å². The maximum atomic E-state index is 4.82. The second kappa shape index (κ2) is 4.84. The Labute approximate surface area is 112 Å². The van der Waals surface area contributed by atoms with E-state index in [1.165, 1.54) is 0 Å². The Morgan fingerprint density at radius 2 is 2.00 bits per heavy atom. The summed E-state index contributed by atoms with van der Waals surface area (Å²) in [4.78, 5) is 7.09. The van der Waals surface area contributed by atoms with Crippen molar-refractivity contribution in [2.24, 2.45) is 4.99 Å². The highest BCUT2D eigenvalue weighted by molar-refractivity contribution is 5.88. The van der Waals surface area contributed by atoms with Crippen molar-refractivity contribution in [3.05, 3.63) is 36.4 Å². The van der Waals surface area contributed by atoms with Crippen LogP contribution in [0.25, 0.3) is 5.69 Å². The lowest BCUT2D eigenvalue weighted by atomic mass is 10.2. The minimum absolute atomic E-state index is 0.719. The van der Waals surface area contributed by atoms with Crippen molar-refractivity contribution < 1.29 is 0 Å². The molecule has 0 N–H and O–H groups in total. The fourth-order valence-electron chi connectivity index (χ4n) is 2.43. The Hall–Kier alpha value is -2.17. The molecule has 1 aliphatic rings. The van der Waals surface area contributed by atoms with E-state index in [-0.39, 0.29) is 0 Å². The van der Waals surface area contributed by atoms with Crippen LogP contribution in [0.3, 0.4) is 0 Å². The van der Waals surface area contributed by atoms with Gasteiger partial charge in [-0.3, -0.25) is 4.57 Å². The first-order valence-electron chi connectivity index (χ1n) is 6.64. The molecule has 0 atom stereocenters. The van der Waals surface area contributed by atoms with Crippen LogP contribution < -0.4 is 0 Å². The molecule has 0 fully saturated rings. The molecule has 0 saturated carbocycles. The van der Waals surface area contributed by atoms with Crippen molar-refractivity contribution in [1.82, 2.24) is 19.7 Å². The van der Waals surface area contributed by atoms with Gasteiger partial charge in [-0.05, 0) is 26.0 Å². The molecule has 0 aliphatic carbocycles. The van der Waals surface area contributed by atoms with Crippen LogP contribution in [0.5, 0.6) is 0 Å². The van der Waals surface area contributed by atoms with E-state index in [0.717, 1.165) is 42.5 Å². The van der Waals surface area contributed by atoms with Crippen LogP contribution in [-0.4, -0.2) is 38.6 Å². The Bertz CT molecular complexity index is 610. The standard InChI is InChI=1S/C14H17N5/c1-3-18(4-2)13-9-14-17-15-10-19(14)12-8-6-5-7-11(12)16-13/h5-8,10H,3-4,9H2,1-2H3. The van der Waals surface area contributed by atoms with Crippen molar-refractivity contribution in [2.75, 3.05) is 13.1 Å². The first-order valence-corrected chi connectivity index (χ1v) is 6.64. The number of fused-ring (bicyclic) bond motifs is 3. The normalized spacial score (nSPS) is 13.3. The second-order valence-electron chi connectivity index (χ2n) is 4.48. The Balaban J connectivity index is 2.16. The van der Waals surface area contributed by atoms with Gasteiger partial charge >= 0.3 is 0 Å². The highest BCUT2D eigenvalue weighted by Crippen LogP contribution is 2.27. The third-order valence-corrected chi connectivity index (χ3v) is 3.45. The van der Waals surface area contributed by atoms with E-state index in [1.807, 2.05) is 22.8 Å². The lowest BCUT2D eigenvalue weighted by Crippen LogP contribution is -2.32. The van der Waals surface area contributed by atoms with Gasteiger partial charge in [-0.15, -0.1) is 10.2 Å². The van der Waals surface area contributed by atoms with Gasteiger partial charge in [0, 0.05) is 13.1 Å². The maximum Gasteiger partial charge on any atom is 0.145 e. The van der Waals surface area contributed by atoms with Gasteiger partial charge in [0.15, 0.2) is 0 Å². The highest BCUT2D eigenvalue weighted by atomic mass is 15.3. The summed E-state index contributed by atoms with van der Waals surface area (Å²) in [6.45, 7) is 6.19. The van der Waals surface area contributed by atoms with Gasteiger partial charge in [0.1, 0.15) is 18.0 Å². The fraction of sp³-hybridized carbons (Fsp3) is 0.357. The lowest BCUT2D eigenvalue weighted by molar-refractivity contribution is 0.457. The first kappa shape index (κ1) is 11.9. The van der Waals surface area contributed by atoms with E-state index in [1.54, 1.807) is 6.33 Å². The zero-order valence-corrected chi connectivity index (χ0v) is 11.2. The molecule has 19 heavy (non-hydrogen) atoms. The van der Waals surface area contributed by atoms with Gasteiger partial charge in [0.25, 0.3) is 0 Å². The van der Waals surface area contributed by atoms with Crippen LogP contribution in [0.15, 0.2) is 35.6 Å². The minimum atomic E-state index is 0.719. The predicted octanol–water partition coefficient (Wildman–Crippen LogP) is 2.20. The molecule has 0 saturated heterocycles. The molecular formula is C14H17N5. The van der Waals surface area contributed by atoms with E-state index in [9.17, 15) is 0 Å². The summed E-state index contributed by atoms with van der Waals surface area (Å²) in [6.07, 6.45) is 2.48. The second-order valence-corrected chi connectivity index (χ2v) is 4.48. The minimum Gasteiger partial charge on any atom is -0.360 e. The zero-order chi connectivity index (χ0) is 13.2. The molecule has 0 radical (unpaired) electrons. The molecule has 98 valence electrons. The van der Waals surface area contributed by atoms with Crippen molar-refractivity contribution in [2.45, 2.75) is 20.3 Å². The van der Waals surface area contributed by atoms with Crippen molar-refractivity contribution in [1.29, 1.82) is 0 Å². The molecule has 2 aromatic rings. The molecule has 0 bridgehead atoms. The van der Waals surface area contributed by atoms with Crippen molar-refractivity contribution in [3.8, 4) is 5.69 Å². The van der Waals surface area contributed by atoms with Crippen LogP contribution in [0.2, 0.25) is 0 Å². The average molecular weight is 255 g/mol.